The van der Waals surface area contributed by atoms with Gasteiger partial charge in [0.15, 0.2) is 0 Å². The number of aromatic nitrogens is 2. The van der Waals surface area contributed by atoms with Crippen LogP contribution in [0, 0.1) is 12.8 Å². The normalized spacial score (nSPS) is 19.3. The minimum atomic E-state index is -0.338. The van der Waals surface area contributed by atoms with Crippen molar-refractivity contribution in [1.29, 1.82) is 0 Å². The Morgan fingerprint density at radius 3 is 2.72 bits per heavy atom. The van der Waals surface area contributed by atoms with Gasteiger partial charge in [-0.25, -0.2) is 0 Å². The Hall–Kier alpha value is -3.19. The molecule has 1 fully saturated rings. The van der Waals surface area contributed by atoms with E-state index >= 15 is 0 Å². The molecule has 3 aromatic rings. The van der Waals surface area contributed by atoms with Crippen LogP contribution < -0.4 is 10.1 Å². The molecule has 1 aliphatic rings. The van der Waals surface area contributed by atoms with E-state index in [2.05, 4.69) is 15.5 Å². The molecule has 0 aliphatic heterocycles. The van der Waals surface area contributed by atoms with E-state index < -0.39 is 0 Å². The number of nitrogens with zero attached hydrogens (tertiary/aromatic N) is 2. The van der Waals surface area contributed by atoms with Crippen molar-refractivity contribution in [2.24, 2.45) is 5.92 Å². The number of benzene rings is 1. The van der Waals surface area contributed by atoms with E-state index in [4.69, 9.17) is 9.26 Å². The summed E-state index contributed by atoms with van der Waals surface area (Å²) in [5.41, 5.74) is 2.58. The van der Waals surface area contributed by atoms with Crippen molar-refractivity contribution >= 4 is 5.91 Å². The number of aryl methyl sites for hydroxylation is 1. The van der Waals surface area contributed by atoms with E-state index in [9.17, 15) is 9.90 Å². The number of nitrogens with one attached hydrogen (secondary N) is 1. The van der Waals surface area contributed by atoms with Crippen LogP contribution in [0.15, 0.2) is 53.3 Å². The number of carbonyl (C=O) groups is 1. The number of amides is 1. The average molecular weight is 393 g/mol. The zero-order valence-electron chi connectivity index (χ0n) is 16.3. The molecule has 0 saturated heterocycles. The van der Waals surface area contributed by atoms with Gasteiger partial charge in [-0.05, 0) is 37.3 Å². The van der Waals surface area contributed by atoms with Crippen LogP contribution in [0.5, 0.6) is 5.75 Å². The fourth-order valence-corrected chi connectivity index (χ4v) is 3.74. The van der Waals surface area contributed by atoms with Gasteiger partial charge in [-0.15, -0.1) is 0 Å². The lowest BCUT2D eigenvalue weighted by Gasteiger charge is -2.38. The van der Waals surface area contributed by atoms with Gasteiger partial charge in [0.25, 0.3) is 5.91 Å². The first kappa shape index (κ1) is 19.1. The molecule has 7 nitrogen and oxygen atoms in total. The fourth-order valence-electron chi connectivity index (χ4n) is 3.74. The molecule has 0 bridgehead atoms. The SMILES string of the molecule is COc1cncc(C(NC(=O)c2c(-c3ccccc3)noc2C)C2CC(O)C2)c1. The molecule has 1 unspecified atom stereocenters. The predicted molar refractivity (Wildman–Crippen MR) is 106 cm³/mol. The first-order valence-corrected chi connectivity index (χ1v) is 9.56. The Balaban J connectivity index is 1.65. The van der Waals surface area contributed by atoms with E-state index in [-0.39, 0.29) is 24.0 Å². The Morgan fingerprint density at radius 1 is 1.28 bits per heavy atom. The Bertz CT molecular complexity index is 996. The highest BCUT2D eigenvalue weighted by Crippen LogP contribution is 2.39. The maximum atomic E-state index is 13.3. The summed E-state index contributed by atoms with van der Waals surface area (Å²) >= 11 is 0. The zero-order chi connectivity index (χ0) is 20.4. The van der Waals surface area contributed by atoms with Crippen LogP contribution in [-0.4, -0.2) is 34.4 Å². The monoisotopic (exact) mass is 393 g/mol. The molecular weight excluding hydrogens is 370 g/mol. The van der Waals surface area contributed by atoms with Crippen molar-refractivity contribution in [1.82, 2.24) is 15.5 Å². The van der Waals surface area contributed by atoms with Crippen LogP contribution in [-0.2, 0) is 0 Å². The molecule has 2 N–H and O–H groups in total. The quantitative estimate of drug-likeness (QED) is 0.667. The standard InChI is InChI=1S/C22H23N3O4/c1-13-19(21(25-29-13)14-6-4-3-5-7-14)22(27)24-20(15-8-17(26)9-15)16-10-18(28-2)12-23-11-16/h3-7,10-12,15,17,20,26H,8-9H2,1-2H3,(H,24,27). The van der Waals surface area contributed by atoms with Crippen LogP contribution in [0.1, 0.15) is 40.6 Å². The number of rotatable bonds is 6. The first-order chi connectivity index (χ1) is 14.1. The number of ether oxygens (including phenoxy) is 1. The molecule has 1 saturated carbocycles. The van der Waals surface area contributed by atoms with Gasteiger partial charge in [-0.2, -0.15) is 0 Å². The van der Waals surface area contributed by atoms with Crippen LogP contribution >= 0.6 is 0 Å². The number of methoxy groups -OCH3 is 1. The third-order valence-corrected chi connectivity index (χ3v) is 5.37. The smallest absolute Gasteiger partial charge is 0.257 e. The van der Waals surface area contributed by atoms with Crippen LogP contribution in [0.3, 0.4) is 0 Å². The number of hydrogen-bond donors (Lipinski definition) is 2. The lowest BCUT2D eigenvalue weighted by Crippen LogP contribution is -2.41. The summed E-state index contributed by atoms with van der Waals surface area (Å²) in [4.78, 5) is 17.5. The van der Waals surface area contributed by atoms with Crippen molar-refractivity contribution in [3.8, 4) is 17.0 Å². The van der Waals surface area contributed by atoms with Gasteiger partial charge in [0.2, 0.25) is 0 Å². The highest BCUT2D eigenvalue weighted by molar-refractivity contribution is 6.01. The highest BCUT2D eigenvalue weighted by Gasteiger charge is 2.37. The highest BCUT2D eigenvalue weighted by atomic mass is 16.5. The zero-order valence-corrected chi connectivity index (χ0v) is 16.3. The molecule has 4 rings (SSSR count). The second-order valence-electron chi connectivity index (χ2n) is 7.32. The number of carbonyl (C=O) groups excluding carboxylic acids is 1. The number of aliphatic hydroxyl groups excluding tert-OH is 1. The lowest BCUT2D eigenvalue weighted by atomic mass is 9.75. The molecule has 0 radical (unpaired) electrons. The molecular formula is C22H23N3O4. The minimum Gasteiger partial charge on any atom is -0.495 e. The van der Waals surface area contributed by atoms with Crippen LogP contribution in [0.2, 0.25) is 0 Å². The maximum Gasteiger partial charge on any atom is 0.257 e. The van der Waals surface area contributed by atoms with Gasteiger partial charge in [0.1, 0.15) is 22.8 Å². The van der Waals surface area contributed by atoms with Gasteiger partial charge in [-0.1, -0.05) is 35.5 Å². The average Bonchev–Trinajstić information content (AvgIpc) is 3.12. The first-order valence-electron chi connectivity index (χ1n) is 9.56. The summed E-state index contributed by atoms with van der Waals surface area (Å²) in [6.07, 6.45) is 4.24. The molecule has 2 heterocycles. The summed E-state index contributed by atoms with van der Waals surface area (Å²) in [6, 6.07) is 11.0. The van der Waals surface area contributed by atoms with Crippen LogP contribution in [0.4, 0.5) is 0 Å². The third-order valence-electron chi connectivity index (χ3n) is 5.37. The van der Waals surface area contributed by atoms with Gasteiger partial charge in [0, 0.05) is 11.8 Å². The van der Waals surface area contributed by atoms with Gasteiger partial charge in [-0.3, -0.25) is 9.78 Å². The van der Waals surface area contributed by atoms with E-state index in [0.29, 0.717) is 35.6 Å². The van der Waals surface area contributed by atoms with Crippen molar-refractivity contribution in [2.45, 2.75) is 31.9 Å². The maximum absolute atomic E-state index is 13.3. The molecule has 1 aliphatic carbocycles. The van der Waals surface area contributed by atoms with Crippen molar-refractivity contribution < 1.29 is 19.2 Å². The minimum absolute atomic E-state index is 0.114. The summed E-state index contributed by atoms with van der Waals surface area (Å²) in [5.74, 6) is 0.922. The molecule has 0 spiro atoms. The second kappa shape index (κ2) is 8.05. The molecule has 1 aromatic carbocycles. The Kier molecular flexibility index (Phi) is 5.31. The second-order valence-corrected chi connectivity index (χ2v) is 7.32. The van der Waals surface area contributed by atoms with Crippen molar-refractivity contribution in [2.75, 3.05) is 7.11 Å². The lowest BCUT2D eigenvalue weighted by molar-refractivity contribution is 0.0234. The van der Waals surface area contributed by atoms with Gasteiger partial charge in [0.05, 0.1) is 25.5 Å². The van der Waals surface area contributed by atoms with E-state index in [1.54, 1.807) is 26.4 Å². The third kappa shape index (κ3) is 3.86. The molecule has 1 atom stereocenters. The van der Waals surface area contributed by atoms with Crippen molar-refractivity contribution in [3.05, 3.63) is 65.7 Å². The summed E-state index contributed by atoms with van der Waals surface area (Å²) in [5, 5.41) is 17.0. The number of aliphatic hydroxyl groups is 1. The summed E-state index contributed by atoms with van der Waals surface area (Å²) < 4.78 is 10.6. The number of hydrogen-bond acceptors (Lipinski definition) is 6. The van der Waals surface area contributed by atoms with Crippen molar-refractivity contribution in [3.63, 3.8) is 0 Å². The molecule has 7 heteroatoms. The topological polar surface area (TPSA) is 97.5 Å². The summed E-state index contributed by atoms with van der Waals surface area (Å²) in [7, 11) is 1.58. The molecule has 2 aromatic heterocycles. The van der Waals surface area contributed by atoms with E-state index in [0.717, 1.165) is 11.1 Å². The Morgan fingerprint density at radius 2 is 2.03 bits per heavy atom. The van der Waals surface area contributed by atoms with Gasteiger partial charge < -0.3 is 19.7 Å². The fraction of sp³-hybridized carbons (Fsp3) is 0.318. The van der Waals surface area contributed by atoms with Gasteiger partial charge >= 0.3 is 0 Å². The molecule has 1 amide bonds. The number of pyridine rings is 1. The summed E-state index contributed by atoms with van der Waals surface area (Å²) in [6.45, 7) is 1.73. The van der Waals surface area contributed by atoms with E-state index in [1.807, 2.05) is 36.4 Å². The largest absolute Gasteiger partial charge is 0.495 e. The Labute approximate surface area is 168 Å². The predicted octanol–water partition coefficient (Wildman–Crippen LogP) is 3.30. The molecule has 29 heavy (non-hydrogen) atoms. The van der Waals surface area contributed by atoms with Crippen LogP contribution in [0.25, 0.3) is 11.3 Å². The molecule has 150 valence electrons. The van der Waals surface area contributed by atoms with E-state index in [1.165, 1.54) is 0 Å².